The predicted octanol–water partition coefficient (Wildman–Crippen LogP) is 3.21. The molecule has 1 aliphatic heterocycles. The number of carbonyl (C=O) groups is 1. The summed E-state index contributed by atoms with van der Waals surface area (Å²) in [5.74, 6) is 1.01. The van der Waals surface area contributed by atoms with E-state index in [2.05, 4.69) is 4.72 Å². The summed E-state index contributed by atoms with van der Waals surface area (Å²) in [5.41, 5.74) is 2.45. The Hall–Kier alpha value is -2.09. The molecule has 0 bridgehead atoms. The van der Waals surface area contributed by atoms with Crippen molar-refractivity contribution in [3.63, 3.8) is 0 Å². The molecule has 1 amide bonds. The summed E-state index contributed by atoms with van der Waals surface area (Å²) in [4.78, 5) is 14.2. The summed E-state index contributed by atoms with van der Waals surface area (Å²) in [6.07, 6.45) is 1.92. The van der Waals surface area contributed by atoms with Crippen molar-refractivity contribution in [3.05, 3.63) is 48.2 Å². The highest BCUT2D eigenvalue weighted by Gasteiger charge is 2.30. The van der Waals surface area contributed by atoms with Crippen LogP contribution in [-0.2, 0) is 6.54 Å². The highest BCUT2D eigenvalue weighted by atomic mass is 32.3. The third-order valence-electron chi connectivity index (χ3n) is 4.44. The minimum atomic E-state index is -2.80. The molecule has 0 spiro atoms. The summed E-state index contributed by atoms with van der Waals surface area (Å²) in [6, 6.07) is 11.3. The number of hydrogen-bond acceptors (Lipinski definition) is 4. The lowest BCUT2D eigenvalue weighted by atomic mass is 10.0. The molecule has 1 aromatic heterocycles. The standard InChI is InChI=1S/C18H23N3O3S/c1-3-20(4-2)18(22)15-9-7-14(8-10-15)16-6-5-11-21-12-13-25(23,24)19-17(16)21/h5-11,23-24H,3-4,12-13H2,1-2H3/p+1. The summed E-state index contributed by atoms with van der Waals surface area (Å²) < 4.78 is 24.8. The maximum Gasteiger partial charge on any atom is 0.304 e. The van der Waals surface area contributed by atoms with Gasteiger partial charge in [-0.05, 0) is 43.7 Å². The number of rotatable bonds is 4. The summed E-state index contributed by atoms with van der Waals surface area (Å²) in [6.45, 7) is 5.85. The number of amides is 1. The van der Waals surface area contributed by atoms with Crippen LogP contribution in [0.2, 0.25) is 0 Å². The van der Waals surface area contributed by atoms with Crippen LogP contribution in [0, 0.1) is 0 Å². The first kappa shape index (κ1) is 17.7. The van der Waals surface area contributed by atoms with Gasteiger partial charge < -0.3 is 4.90 Å². The third-order valence-corrected chi connectivity index (χ3v) is 5.71. The number of fused-ring (bicyclic) bond motifs is 1. The third kappa shape index (κ3) is 3.63. The van der Waals surface area contributed by atoms with Crippen molar-refractivity contribution in [2.75, 3.05) is 23.6 Å². The van der Waals surface area contributed by atoms with E-state index in [9.17, 15) is 13.9 Å². The molecule has 0 saturated heterocycles. The number of carbonyl (C=O) groups excluding carboxylic acids is 1. The SMILES string of the molecule is CCN(CC)C(=O)c1ccc(-c2ccc[n+]3c2NS(O)(O)CC3)cc1. The largest absolute Gasteiger partial charge is 0.339 e. The molecule has 25 heavy (non-hydrogen) atoms. The number of benzene rings is 1. The fraction of sp³-hybridized carbons (Fsp3) is 0.333. The number of pyridine rings is 1. The molecule has 3 rings (SSSR count). The van der Waals surface area contributed by atoms with Crippen molar-refractivity contribution in [1.29, 1.82) is 0 Å². The van der Waals surface area contributed by atoms with Crippen LogP contribution >= 0.6 is 10.8 Å². The fourth-order valence-electron chi connectivity index (χ4n) is 3.00. The first-order chi connectivity index (χ1) is 11.9. The van der Waals surface area contributed by atoms with E-state index in [0.717, 1.165) is 11.1 Å². The van der Waals surface area contributed by atoms with Gasteiger partial charge in [-0.2, -0.15) is 4.72 Å². The summed E-state index contributed by atoms with van der Waals surface area (Å²) in [7, 11) is -2.80. The number of anilines is 1. The first-order valence-electron chi connectivity index (χ1n) is 8.41. The Morgan fingerprint density at radius 2 is 1.88 bits per heavy atom. The summed E-state index contributed by atoms with van der Waals surface area (Å²) >= 11 is 0. The Kier molecular flexibility index (Phi) is 4.99. The highest BCUT2D eigenvalue weighted by molar-refractivity contribution is 8.25. The van der Waals surface area contributed by atoms with Gasteiger partial charge in [0.15, 0.2) is 0 Å². The molecule has 3 N–H and O–H groups in total. The quantitative estimate of drug-likeness (QED) is 0.730. The Balaban J connectivity index is 1.93. The second kappa shape index (κ2) is 7.03. The van der Waals surface area contributed by atoms with E-state index in [1.807, 2.05) is 61.0 Å². The molecular weight excluding hydrogens is 338 g/mol. The Labute approximate surface area is 149 Å². The van der Waals surface area contributed by atoms with E-state index in [-0.39, 0.29) is 5.91 Å². The monoisotopic (exact) mass is 362 g/mol. The molecule has 6 nitrogen and oxygen atoms in total. The van der Waals surface area contributed by atoms with Gasteiger partial charge in [0.2, 0.25) is 0 Å². The van der Waals surface area contributed by atoms with Crippen molar-refractivity contribution in [2.24, 2.45) is 0 Å². The average Bonchev–Trinajstić information content (AvgIpc) is 2.61. The van der Waals surface area contributed by atoms with Gasteiger partial charge in [-0.3, -0.25) is 13.9 Å². The van der Waals surface area contributed by atoms with Gasteiger partial charge in [0.05, 0.1) is 11.8 Å². The zero-order chi connectivity index (χ0) is 18.0. The number of hydrogen-bond donors (Lipinski definition) is 3. The molecule has 0 atom stereocenters. The molecule has 0 saturated carbocycles. The molecule has 0 unspecified atom stereocenters. The lowest BCUT2D eigenvalue weighted by Crippen LogP contribution is -2.45. The van der Waals surface area contributed by atoms with Crippen LogP contribution < -0.4 is 9.29 Å². The lowest BCUT2D eigenvalue weighted by molar-refractivity contribution is -0.679. The zero-order valence-corrected chi connectivity index (χ0v) is 15.3. The van der Waals surface area contributed by atoms with Gasteiger partial charge in [-0.1, -0.05) is 22.9 Å². The molecule has 134 valence electrons. The second-order valence-corrected chi connectivity index (χ2v) is 7.94. The topological polar surface area (TPSA) is 76.7 Å². The molecule has 0 radical (unpaired) electrons. The lowest BCUT2D eigenvalue weighted by Gasteiger charge is -2.32. The molecule has 2 heterocycles. The Bertz CT molecular complexity index is 774. The molecule has 1 aliphatic rings. The van der Waals surface area contributed by atoms with E-state index in [4.69, 9.17) is 0 Å². The fourth-order valence-corrected chi connectivity index (χ4v) is 4.09. The average molecular weight is 362 g/mol. The molecular formula is C18H24N3O3S+. The molecule has 2 aromatic rings. The summed E-state index contributed by atoms with van der Waals surface area (Å²) in [5, 5.41) is 0. The molecule has 0 aliphatic carbocycles. The van der Waals surface area contributed by atoms with Crippen LogP contribution in [0.25, 0.3) is 11.1 Å². The Morgan fingerprint density at radius 3 is 2.52 bits per heavy atom. The van der Waals surface area contributed by atoms with Gasteiger partial charge in [-0.25, -0.2) is 4.57 Å². The van der Waals surface area contributed by atoms with Crippen LogP contribution in [0.3, 0.4) is 0 Å². The first-order valence-corrected chi connectivity index (χ1v) is 10.1. The van der Waals surface area contributed by atoms with Gasteiger partial charge in [-0.15, -0.1) is 0 Å². The highest BCUT2D eigenvalue weighted by Crippen LogP contribution is 2.42. The molecule has 1 aromatic carbocycles. The van der Waals surface area contributed by atoms with Crippen molar-refractivity contribution in [1.82, 2.24) is 4.90 Å². The predicted molar refractivity (Wildman–Crippen MR) is 101 cm³/mol. The van der Waals surface area contributed by atoms with Crippen LogP contribution in [0.1, 0.15) is 24.2 Å². The molecule has 0 fully saturated rings. The van der Waals surface area contributed by atoms with E-state index < -0.39 is 10.8 Å². The van der Waals surface area contributed by atoms with Crippen molar-refractivity contribution in [2.45, 2.75) is 20.4 Å². The maximum atomic E-state index is 12.4. The number of nitrogens with zero attached hydrogens (tertiary/aromatic N) is 2. The van der Waals surface area contributed by atoms with Gasteiger partial charge in [0.25, 0.3) is 5.91 Å². The van der Waals surface area contributed by atoms with E-state index in [1.165, 1.54) is 0 Å². The Morgan fingerprint density at radius 1 is 1.20 bits per heavy atom. The van der Waals surface area contributed by atoms with Crippen LogP contribution in [-0.4, -0.2) is 38.8 Å². The van der Waals surface area contributed by atoms with E-state index in [1.54, 1.807) is 4.90 Å². The second-order valence-electron chi connectivity index (χ2n) is 5.99. The van der Waals surface area contributed by atoms with Crippen LogP contribution in [0.15, 0.2) is 42.6 Å². The molecule has 7 heteroatoms. The van der Waals surface area contributed by atoms with Crippen LogP contribution in [0.5, 0.6) is 0 Å². The maximum absolute atomic E-state index is 12.4. The smallest absolute Gasteiger partial charge is 0.304 e. The minimum absolute atomic E-state index is 0.0216. The number of aryl methyl sites for hydroxylation is 1. The van der Waals surface area contributed by atoms with Crippen molar-refractivity contribution in [3.8, 4) is 11.1 Å². The van der Waals surface area contributed by atoms with Gasteiger partial charge in [0, 0.05) is 18.7 Å². The minimum Gasteiger partial charge on any atom is -0.339 e. The van der Waals surface area contributed by atoms with E-state index in [0.29, 0.717) is 36.8 Å². The van der Waals surface area contributed by atoms with Crippen LogP contribution in [0.4, 0.5) is 5.82 Å². The van der Waals surface area contributed by atoms with Crippen molar-refractivity contribution >= 4 is 22.5 Å². The number of aromatic nitrogens is 1. The number of nitrogens with one attached hydrogen (secondary N) is 1. The van der Waals surface area contributed by atoms with E-state index >= 15 is 0 Å². The normalized spacial score (nSPS) is 16.5. The zero-order valence-electron chi connectivity index (χ0n) is 14.5. The van der Waals surface area contributed by atoms with Gasteiger partial charge >= 0.3 is 5.82 Å². The van der Waals surface area contributed by atoms with Gasteiger partial charge in [0.1, 0.15) is 12.3 Å². The van der Waals surface area contributed by atoms with Crippen molar-refractivity contribution < 1.29 is 18.5 Å².